The number of anilines is 1. The molecule has 17 heavy (non-hydrogen) atoms. The monoisotopic (exact) mass is 235 g/mol. The lowest BCUT2D eigenvalue weighted by Crippen LogP contribution is -2.19. The molecule has 0 saturated heterocycles. The molecule has 1 atom stereocenters. The predicted octanol–water partition coefficient (Wildman–Crippen LogP) is 3.02. The van der Waals surface area contributed by atoms with Gasteiger partial charge in [0.15, 0.2) is 0 Å². The normalized spacial score (nSPS) is 12.5. The SMILES string of the molecule is CC(C)Cc1ccc(NCC(C)C(=O)O)cc1. The molecule has 3 heteroatoms. The minimum atomic E-state index is -0.770. The van der Waals surface area contributed by atoms with Crippen LogP contribution in [0.3, 0.4) is 0 Å². The third-order valence-corrected chi connectivity index (χ3v) is 2.63. The van der Waals surface area contributed by atoms with Gasteiger partial charge in [0.05, 0.1) is 5.92 Å². The van der Waals surface area contributed by atoms with Crippen LogP contribution in [0.25, 0.3) is 0 Å². The zero-order valence-corrected chi connectivity index (χ0v) is 10.7. The van der Waals surface area contributed by atoms with Gasteiger partial charge in [0.25, 0.3) is 0 Å². The van der Waals surface area contributed by atoms with E-state index in [1.54, 1.807) is 6.92 Å². The van der Waals surface area contributed by atoms with Gasteiger partial charge >= 0.3 is 5.97 Å². The van der Waals surface area contributed by atoms with Crippen molar-refractivity contribution in [2.75, 3.05) is 11.9 Å². The van der Waals surface area contributed by atoms with Crippen molar-refractivity contribution in [2.24, 2.45) is 11.8 Å². The van der Waals surface area contributed by atoms with Crippen molar-refractivity contribution in [1.82, 2.24) is 0 Å². The fourth-order valence-electron chi connectivity index (χ4n) is 1.59. The minimum absolute atomic E-state index is 0.370. The Hall–Kier alpha value is -1.51. The van der Waals surface area contributed by atoms with Crippen LogP contribution < -0.4 is 5.32 Å². The van der Waals surface area contributed by atoms with E-state index in [2.05, 4.69) is 31.3 Å². The Morgan fingerprint density at radius 3 is 2.29 bits per heavy atom. The molecule has 1 aromatic carbocycles. The molecule has 2 N–H and O–H groups in total. The largest absolute Gasteiger partial charge is 0.481 e. The molecule has 0 aliphatic heterocycles. The van der Waals surface area contributed by atoms with E-state index in [-0.39, 0.29) is 5.92 Å². The maximum atomic E-state index is 10.7. The van der Waals surface area contributed by atoms with Crippen molar-refractivity contribution in [2.45, 2.75) is 27.2 Å². The summed E-state index contributed by atoms with van der Waals surface area (Å²) in [5, 5.41) is 11.9. The summed E-state index contributed by atoms with van der Waals surface area (Å²) in [4.78, 5) is 10.7. The molecule has 0 fully saturated rings. The number of hydrogen-bond donors (Lipinski definition) is 2. The number of nitrogens with one attached hydrogen (secondary N) is 1. The maximum absolute atomic E-state index is 10.7. The van der Waals surface area contributed by atoms with E-state index in [0.29, 0.717) is 12.5 Å². The molecule has 0 bridgehead atoms. The molecular weight excluding hydrogens is 214 g/mol. The van der Waals surface area contributed by atoms with Crippen LogP contribution >= 0.6 is 0 Å². The van der Waals surface area contributed by atoms with Gasteiger partial charge in [0, 0.05) is 12.2 Å². The Kier molecular flexibility index (Phi) is 5.01. The van der Waals surface area contributed by atoms with E-state index in [9.17, 15) is 4.79 Å². The van der Waals surface area contributed by atoms with Crippen molar-refractivity contribution in [3.8, 4) is 0 Å². The van der Waals surface area contributed by atoms with Crippen LogP contribution in [0.2, 0.25) is 0 Å². The molecule has 0 aromatic heterocycles. The molecule has 0 heterocycles. The zero-order chi connectivity index (χ0) is 12.8. The molecular formula is C14H21NO2. The first-order valence-electron chi connectivity index (χ1n) is 6.04. The van der Waals surface area contributed by atoms with E-state index in [1.165, 1.54) is 5.56 Å². The van der Waals surface area contributed by atoms with E-state index < -0.39 is 5.97 Å². The van der Waals surface area contributed by atoms with Crippen LogP contribution in [-0.4, -0.2) is 17.6 Å². The number of benzene rings is 1. The van der Waals surface area contributed by atoms with E-state index in [1.807, 2.05) is 12.1 Å². The summed E-state index contributed by atoms with van der Waals surface area (Å²) in [7, 11) is 0. The van der Waals surface area contributed by atoms with Crippen molar-refractivity contribution < 1.29 is 9.90 Å². The molecule has 0 aliphatic carbocycles. The highest BCUT2D eigenvalue weighted by Gasteiger charge is 2.09. The molecule has 0 spiro atoms. The summed E-state index contributed by atoms with van der Waals surface area (Å²) in [6.45, 7) is 6.54. The van der Waals surface area contributed by atoms with Crippen LogP contribution in [0.15, 0.2) is 24.3 Å². The van der Waals surface area contributed by atoms with Gasteiger partial charge in [-0.1, -0.05) is 32.9 Å². The highest BCUT2D eigenvalue weighted by Crippen LogP contribution is 2.13. The summed E-state index contributed by atoms with van der Waals surface area (Å²) < 4.78 is 0. The molecule has 1 aromatic rings. The van der Waals surface area contributed by atoms with E-state index >= 15 is 0 Å². The summed E-state index contributed by atoms with van der Waals surface area (Å²) >= 11 is 0. The van der Waals surface area contributed by atoms with Crippen molar-refractivity contribution in [3.63, 3.8) is 0 Å². The Morgan fingerprint density at radius 2 is 1.82 bits per heavy atom. The fourth-order valence-corrected chi connectivity index (χ4v) is 1.59. The zero-order valence-electron chi connectivity index (χ0n) is 10.7. The standard InChI is InChI=1S/C14H21NO2/c1-10(2)8-12-4-6-13(7-5-12)15-9-11(3)14(16)17/h4-7,10-11,15H,8-9H2,1-3H3,(H,16,17). The molecule has 94 valence electrons. The molecule has 1 rings (SSSR count). The van der Waals surface area contributed by atoms with Gasteiger partial charge in [-0.2, -0.15) is 0 Å². The molecule has 0 radical (unpaired) electrons. The quantitative estimate of drug-likeness (QED) is 0.796. The topological polar surface area (TPSA) is 49.3 Å². The first-order valence-corrected chi connectivity index (χ1v) is 6.04. The first kappa shape index (κ1) is 13.6. The number of carboxylic acid groups (broad SMARTS) is 1. The summed E-state index contributed by atoms with van der Waals surface area (Å²) in [5.74, 6) is -0.486. The van der Waals surface area contributed by atoms with Crippen LogP contribution in [0.5, 0.6) is 0 Å². The number of aliphatic carboxylic acids is 1. The van der Waals surface area contributed by atoms with Gasteiger partial charge in [-0.3, -0.25) is 4.79 Å². The Morgan fingerprint density at radius 1 is 1.24 bits per heavy atom. The second-order valence-electron chi connectivity index (χ2n) is 4.92. The van der Waals surface area contributed by atoms with Gasteiger partial charge in [-0.15, -0.1) is 0 Å². The van der Waals surface area contributed by atoms with Gasteiger partial charge in [0.2, 0.25) is 0 Å². The number of carboxylic acids is 1. The van der Waals surface area contributed by atoms with Crippen molar-refractivity contribution in [3.05, 3.63) is 29.8 Å². The van der Waals surface area contributed by atoms with Gasteiger partial charge < -0.3 is 10.4 Å². The average molecular weight is 235 g/mol. The van der Waals surface area contributed by atoms with Crippen molar-refractivity contribution >= 4 is 11.7 Å². The molecule has 3 nitrogen and oxygen atoms in total. The lowest BCUT2D eigenvalue weighted by atomic mass is 10.0. The van der Waals surface area contributed by atoms with Crippen molar-refractivity contribution in [1.29, 1.82) is 0 Å². The second kappa shape index (κ2) is 6.28. The van der Waals surface area contributed by atoms with Crippen LogP contribution in [0.4, 0.5) is 5.69 Å². The maximum Gasteiger partial charge on any atom is 0.308 e. The molecule has 0 saturated carbocycles. The Bertz CT molecular complexity index is 357. The molecule has 0 aliphatic rings. The number of rotatable bonds is 6. The van der Waals surface area contributed by atoms with Gasteiger partial charge in [0.1, 0.15) is 0 Å². The molecule has 0 amide bonds. The van der Waals surface area contributed by atoms with Gasteiger partial charge in [-0.05, 0) is 30.0 Å². The van der Waals surface area contributed by atoms with Crippen LogP contribution in [-0.2, 0) is 11.2 Å². The van der Waals surface area contributed by atoms with E-state index in [0.717, 1.165) is 12.1 Å². The van der Waals surface area contributed by atoms with Crippen LogP contribution in [0.1, 0.15) is 26.3 Å². The Balaban J connectivity index is 2.48. The highest BCUT2D eigenvalue weighted by molar-refractivity contribution is 5.70. The highest BCUT2D eigenvalue weighted by atomic mass is 16.4. The lowest BCUT2D eigenvalue weighted by molar-refractivity contribution is -0.140. The predicted molar refractivity (Wildman–Crippen MR) is 70.3 cm³/mol. The lowest BCUT2D eigenvalue weighted by Gasteiger charge is -2.10. The minimum Gasteiger partial charge on any atom is -0.481 e. The summed E-state index contributed by atoms with van der Waals surface area (Å²) in [5.41, 5.74) is 2.29. The van der Waals surface area contributed by atoms with E-state index in [4.69, 9.17) is 5.11 Å². The van der Waals surface area contributed by atoms with Crippen LogP contribution in [0, 0.1) is 11.8 Å². The number of hydrogen-bond acceptors (Lipinski definition) is 2. The second-order valence-corrected chi connectivity index (χ2v) is 4.92. The Labute approximate surface area is 103 Å². The third kappa shape index (κ3) is 4.89. The first-order chi connectivity index (χ1) is 7.99. The fraction of sp³-hybridized carbons (Fsp3) is 0.500. The average Bonchev–Trinajstić information content (AvgIpc) is 2.26. The summed E-state index contributed by atoms with van der Waals surface area (Å²) in [6, 6.07) is 8.19. The third-order valence-electron chi connectivity index (χ3n) is 2.63. The molecule has 1 unspecified atom stereocenters. The summed E-state index contributed by atoms with van der Waals surface area (Å²) in [6.07, 6.45) is 1.08. The van der Waals surface area contributed by atoms with Gasteiger partial charge in [-0.25, -0.2) is 0 Å². The number of carbonyl (C=O) groups is 1. The smallest absolute Gasteiger partial charge is 0.308 e.